The molecule has 3 nitrogen and oxygen atoms in total. The lowest BCUT2D eigenvalue weighted by molar-refractivity contribution is -0.135. The smallest absolute Gasteiger partial charge is 0.331 e. The molecule has 4 fully saturated rings. The Labute approximate surface area is 157 Å². The van der Waals surface area contributed by atoms with Gasteiger partial charge in [-0.25, -0.2) is 4.79 Å². The van der Waals surface area contributed by atoms with E-state index in [9.17, 15) is 9.90 Å². The van der Waals surface area contributed by atoms with E-state index >= 15 is 0 Å². The molecule has 0 saturated heterocycles. The van der Waals surface area contributed by atoms with Gasteiger partial charge < -0.3 is 9.84 Å². The van der Waals surface area contributed by atoms with Crippen molar-refractivity contribution in [3.8, 4) is 0 Å². The molecule has 1 N–H and O–H groups in total. The maximum atomic E-state index is 11.6. The van der Waals surface area contributed by atoms with Crippen molar-refractivity contribution in [3.63, 3.8) is 0 Å². The molecule has 0 spiro atoms. The number of aliphatic hydroxyl groups excluding tert-OH is 1. The van der Waals surface area contributed by atoms with E-state index in [1.165, 1.54) is 50.5 Å². The van der Waals surface area contributed by atoms with E-state index in [1.54, 1.807) is 6.08 Å². The van der Waals surface area contributed by atoms with Crippen molar-refractivity contribution in [2.45, 2.75) is 77.7 Å². The number of hydrogen-bond donors (Lipinski definition) is 1. The number of hydrogen-bond acceptors (Lipinski definition) is 3. The topological polar surface area (TPSA) is 46.5 Å². The van der Waals surface area contributed by atoms with E-state index < -0.39 is 0 Å². The summed E-state index contributed by atoms with van der Waals surface area (Å²) in [5.41, 5.74) is 2.09. The Bertz CT molecular complexity index is 639. The van der Waals surface area contributed by atoms with Gasteiger partial charge in [0.15, 0.2) is 0 Å². The van der Waals surface area contributed by atoms with Crippen LogP contribution in [0.1, 0.15) is 71.6 Å². The SMILES string of the molecule is C[C@]12CC[C@H](O)C[C@@H]1CC[C@@H]1[C@@H]2CC[C@]2(C)C(C3=CC(=O)OC3)CC[C@@H]12. The van der Waals surface area contributed by atoms with Gasteiger partial charge in [-0.15, -0.1) is 0 Å². The number of carbonyl (C=O) groups excluding carboxylic acids is 1. The fraction of sp³-hybridized carbons (Fsp3) is 0.870. The van der Waals surface area contributed by atoms with Crippen LogP contribution in [-0.2, 0) is 9.53 Å². The predicted octanol–water partition coefficient (Wildman–Crippen LogP) is 4.49. The van der Waals surface area contributed by atoms with E-state index in [4.69, 9.17) is 4.74 Å². The summed E-state index contributed by atoms with van der Waals surface area (Å²) in [6.07, 6.45) is 12.9. The molecule has 5 rings (SSSR count). The molecule has 5 aliphatic rings. The lowest BCUT2D eigenvalue weighted by atomic mass is 9.44. The highest BCUT2D eigenvalue weighted by Gasteiger charge is 2.60. The minimum Gasteiger partial charge on any atom is -0.458 e. The van der Waals surface area contributed by atoms with Crippen LogP contribution >= 0.6 is 0 Å². The summed E-state index contributed by atoms with van der Waals surface area (Å²) in [5.74, 6) is 3.67. The van der Waals surface area contributed by atoms with Crippen molar-refractivity contribution in [1.82, 2.24) is 0 Å². The lowest BCUT2D eigenvalue weighted by Crippen LogP contribution is -2.54. The zero-order valence-electron chi connectivity index (χ0n) is 16.4. The Balaban J connectivity index is 1.41. The third-order valence-electron chi connectivity index (χ3n) is 9.77. The largest absolute Gasteiger partial charge is 0.458 e. The second-order valence-corrected chi connectivity index (χ2v) is 10.6. The molecule has 4 saturated carbocycles. The van der Waals surface area contributed by atoms with E-state index in [0.717, 1.165) is 36.5 Å². The van der Waals surface area contributed by atoms with Crippen LogP contribution in [0.15, 0.2) is 11.6 Å². The summed E-state index contributed by atoms with van der Waals surface area (Å²) < 4.78 is 5.25. The third-order valence-corrected chi connectivity index (χ3v) is 9.77. The molecule has 0 aromatic carbocycles. The second kappa shape index (κ2) is 5.83. The summed E-state index contributed by atoms with van der Waals surface area (Å²) in [5, 5.41) is 10.2. The molecule has 0 amide bonds. The van der Waals surface area contributed by atoms with Crippen LogP contribution in [-0.4, -0.2) is 23.8 Å². The third kappa shape index (κ3) is 2.31. The highest BCUT2D eigenvalue weighted by molar-refractivity contribution is 5.85. The van der Waals surface area contributed by atoms with Crippen molar-refractivity contribution in [3.05, 3.63) is 11.6 Å². The molecule has 0 radical (unpaired) electrons. The normalized spacial score (nSPS) is 53.3. The summed E-state index contributed by atoms with van der Waals surface area (Å²) in [4.78, 5) is 11.6. The molecule has 26 heavy (non-hydrogen) atoms. The molecule has 0 aromatic rings. The number of aliphatic hydroxyl groups is 1. The minimum atomic E-state index is -0.130. The fourth-order valence-corrected chi connectivity index (χ4v) is 8.43. The quantitative estimate of drug-likeness (QED) is 0.703. The first-order valence-electron chi connectivity index (χ1n) is 11.0. The first-order chi connectivity index (χ1) is 12.4. The second-order valence-electron chi connectivity index (χ2n) is 10.6. The predicted molar refractivity (Wildman–Crippen MR) is 100 cm³/mol. The van der Waals surface area contributed by atoms with Crippen LogP contribution in [0.5, 0.6) is 0 Å². The number of esters is 1. The number of rotatable bonds is 1. The summed E-state index contributed by atoms with van der Waals surface area (Å²) in [6.45, 7) is 5.62. The molecule has 0 bridgehead atoms. The molecule has 3 heteroatoms. The van der Waals surface area contributed by atoms with Gasteiger partial charge >= 0.3 is 5.97 Å². The van der Waals surface area contributed by atoms with Gasteiger partial charge in [-0.1, -0.05) is 13.8 Å². The average Bonchev–Trinajstić information content (AvgIpc) is 3.18. The Kier molecular flexibility index (Phi) is 3.88. The molecular weight excluding hydrogens is 324 g/mol. The van der Waals surface area contributed by atoms with E-state index in [-0.39, 0.29) is 12.1 Å². The zero-order valence-corrected chi connectivity index (χ0v) is 16.4. The van der Waals surface area contributed by atoms with Crippen LogP contribution in [0.4, 0.5) is 0 Å². The number of cyclic esters (lactones) is 1. The Hall–Kier alpha value is -0.830. The van der Waals surface area contributed by atoms with Gasteiger partial charge in [0.2, 0.25) is 0 Å². The summed E-state index contributed by atoms with van der Waals surface area (Å²) in [6, 6.07) is 0. The van der Waals surface area contributed by atoms with Gasteiger partial charge in [0.1, 0.15) is 6.61 Å². The lowest BCUT2D eigenvalue weighted by Gasteiger charge is -2.61. The van der Waals surface area contributed by atoms with Crippen molar-refractivity contribution in [2.24, 2.45) is 40.4 Å². The van der Waals surface area contributed by atoms with Crippen LogP contribution in [0.2, 0.25) is 0 Å². The summed E-state index contributed by atoms with van der Waals surface area (Å²) in [7, 11) is 0. The standard InChI is InChI=1S/C23H34O3/c1-22-9-7-16(24)12-15(22)3-4-17-19-6-5-18(14-11-21(25)26-13-14)23(19,2)10-8-20(17)22/h11,15-20,24H,3-10,12-13H2,1-2H3/t15-,16-,17-,18?,19-,20-,22-,23+/m0/s1. The molecular formula is C23H34O3. The maximum Gasteiger partial charge on any atom is 0.331 e. The summed E-state index contributed by atoms with van der Waals surface area (Å²) >= 11 is 0. The Morgan fingerprint density at radius 3 is 2.54 bits per heavy atom. The zero-order chi connectivity index (χ0) is 18.1. The minimum absolute atomic E-state index is 0.0545. The Morgan fingerprint density at radius 2 is 1.77 bits per heavy atom. The van der Waals surface area contributed by atoms with Gasteiger partial charge in [-0.05, 0) is 104 Å². The fourth-order valence-electron chi connectivity index (χ4n) is 8.43. The molecule has 144 valence electrons. The first-order valence-corrected chi connectivity index (χ1v) is 11.0. The van der Waals surface area contributed by atoms with Crippen LogP contribution in [0.25, 0.3) is 0 Å². The van der Waals surface area contributed by atoms with E-state index in [0.29, 0.717) is 23.4 Å². The van der Waals surface area contributed by atoms with Crippen LogP contribution in [0.3, 0.4) is 0 Å². The molecule has 8 atom stereocenters. The van der Waals surface area contributed by atoms with Gasteiger partial charge in [0.25, 0.3) is 0 Å². The van der Waals surface area contributed by atoms with Gasteiger partial charge in [0.05, 0.1) is 6.10 Å². The highest BCUT2D eigenvalue weighted by atomic mass is 16.5. The number of carbonyl (C=O) groups is 1. The van der Waals surface area contributed by atoms with E-state index in [1.807, 2.05) is 0 Å². The van der Waals surface area contributed by atoms with Crippen LogP contribution < -0.4 is 0 Å². The van der Waals surface area contributed by atoms with Gasteiger partial charge in [-0.3, -0.25) is 0 Å². The van der Waals surface area contributed by atoms with Gasteiger partial charge in [-0.2, -0.15) is 0 Å². The highest BCUT2D eigenvalue weighted by Crippen LogP contribution is 2.68. The molecule has 4 aliphatic carbocycles. The number of fused-ring (bicyclic) bond motifs is 5. The molecule has 1 heterocycles. The van der Waals surface area contributed by atoms with Gasteiger partial charge in [0, 0.05) is 6.08 Å². The number of ether oxygens (including phenoxy) is 1. The molecule has 1 aliphatic heterocycles. The average molecular weight is 359 g/mol. The monoisotopic (exact) mass is 358 g/mol. The van der Waals surface area contributed by atoms with Crippen LogP contribution in [0, 0.1) is 40.4 Å². The van der Waals surface area contributed by atoms with Crippen molar-refractivity contribution < 1.29 is 14.6 Å². The molecule has 1 unspecified atom stereocenters. The van der Waals surface area contributed by atoms with Crippen molar-refractivity contribution >= 4 is 5.97 Å². The molecule has 0 aromatic heterocycles. The first kappa shape index (κ1) is 17.3. The van der Waals surface area contributed by atoms with Crippen molar-refractivity contribution in [2.75, 3.05) is 6.61 Å². The van der Waals surface area contributed by atoms with Crippen molar-refractivity contribution in [1.29, 1.82) is 0 Å². The Morgan fingerprint density at radius 1 is 1.00 bits per heavy atom. The maximum absolute atomic E-state index is 11.6. The van der Waals surface area contributed by atoms with E-state index in [2.05, 4.69) is 13.8 Å².